The van der Waals surface area contributed by atoms with E-state index in [2.05, 4.69) is 0 Å². The van der Waals surface area contributed by atoms with Crippen LogP contribution in [0.4, 0.5) is 5.69 Å². The first-order valence-electron chi connectivity index (χ1n) is 9.28. The molecule has 0 bridgehead atoms. The van der Waals surface area contributed by atoms with Gasteiger partial charge in [0.05, 0.1) is 17.1 Å². The van der Waals surface area contributed by atoms with Gasteiger partial charge in [0.2, 0.25) is 0 Å². The lowest BCUT2D eigenvalue weighted by Crippen LogP contribution is -2.31. The van der Waals surface area contributed by atoms with Gasteiger partial charge in [-0.25, -0.2) is 8.42 Å². The molecular formula is C24H23NO3S. The van der Waals surface area contributed by atoms with Crippen LogP contribution >= 0.6 is 0 Å². The molecule has 0 aliphatic heterocycles. The summed E-state index contributed by atoms with van der Waals surface area (Å²) in [5.74, 6) is 0. The summed E-state index contributed by atoms with van der Waals surface area (Å²) in [5, 5.41) is 0. The molecule has 29 heavy (non-hydrogen) atoms. The normalized spacial score (nSPS) is 11.5. The van der Waals surface area contributed by atoms with Crippen LogP contribution in [0.3, 0.4) is 0 Å². The molecule has 148 valence electrons. The summed E-state index contributed by atoms with van der Waals surface area (Å²) in [6, 6.07) is 21.3. The van der Waals surface area contributed by atoms with E-state index in [-0.39, 0.29) is 11.4 Å². The maximum Gasteiger partial charge on any atom is 0.264 e. The average molecular weight is 406 g/mol. The molecule has 0 aliphatic carbocycles. The van der Waals surface area contributed by atoms with Gasteiger partial charge in [-0.3, -0.25) is 9.10 Å². The Balaban J connectivity index is 2.00. The lowest BCUT2D eigenvalue weighted by Gasteiger charge is -2.23. The number of hydrogen-bond acceptors (Lipinski definition) is 3. The van der Waals surface area contributed by atoms with Crippen molar-refractivity contribution in [3.63, 3.8) is 0 Å². The van der Waals surface area contributed by atoms with Gasteiger partial charge in [-0.1, -0.05) is 66.2 Å². The Morgan fingerprint density at radius 1 is 0.897 bits per heavy atom. The van der Waals surface area contributed by atoms with Crippen molar-refractivity contribution in [2.75, 3.05) is 10.8 Å². The van der Waals surface area contributed by atoms with Crippen LogP contribution in [0.5, 0.6) is 0 Å². The monoisotopic (exact) mass is 405 g/mol. The van der Waals surface area contributed by atoms with Crippen LogP contribution in [0.1, 0.15) is 27.0 Å². The zero-order chi connectivity index (χ0) is 20.9. The summed E-state index contributed by atoms with van der Waals surface area (Å²) >= 11 is 0. The molecule has 0 atom stereocenters. The lowest BCUT2D eigenvalue weighted by atomic mass is 10.1. The number of nitrogens with zero attached hydrogens (tertiary/aromatic N) is 1. The number of rotatable bonds is 7. The number of carbonyl (C=O) groups excluding carboxylic acids is 1. The van der Waals surface area contributed by atoms with Crippen LogP contribution < -0.4 is 4.31 Å². The summed E-state index contributed by atoms with van der Waals surface area (Å²) in [4.78, 5) is 11.4. The second-order valence-electron chi connectivity index (χ2n) is 6.82. The van der Waals surface area contributed by atoms with Crippen LogP contribution in [0.2, 0.25) is 0 Å². The van der Waals surface area contributed by atoms with Crippen molar-refractivity contribution in [2.45, 2.75) is 18.7 Å². The number of aldehydes is 1. The molecule has 0 heterocycles. The van der Waals surface area contributed by atoms with E-state index in [0.717, 1.165) is 16.7 Å². The largest absolute Gasteiger partial charge is 0.298 e. The van der Waals surface area contributed by atoms with Crippen LogP contribution in [-0.2, 0) is 10.0 Å². The fourth-order valence-corrected chi connectivity index (χ4v) is 4.39. The first kappa shape index (κ1) is 20.6. The zero-order valence-corrected chi connectivity index (χ0v) is 17.3. The average Bonchev–Trinajstić information content (AvgIpc) is 2.72. The number of hydrogen-bond donors (Lipinski definition) is 0. The summed E-state index contributed by atoms with van der Waals surface area (Å²) in [6.45, 7) is 4.06. The summed E-state index contributed by atoms with van der Waals surface area (Å²) < 4.78 is 28.0. The third-order valence-electron chi connectivity index (χ3n) is 4.66. The number of anilines is 1. The minimum Gasteiger partial charge on any atom is -0.298 e. The Hall–Kier alpha value is -3.18. The zero-order valence-electron chi connectivity index (χ0n) is 16.4. The van der Waals surface area contributed by atoms with Crippen molar-refractivity contribution >= 4 is 28.1 Å². The first-order chi connectivity index (χ1) is 13.9. The molecular weight excluding hydrogens is 382 g/mol. The molecule has 0 saturated heterocycles. The van der Waals surface area contributed by atoms with Crippen molar-refractivity contribution in [3.8, 4) is 0 Å². The predicted octanol–water partition coefficient (Wildman–Crippen LogP) is 5.02. The fourth-order valence-electron chi connectivity index (χ4n) is 2.98. The molecule has 4 nitrogen and oxygen atoms in total. The molecule has 3 aromatic carbocycles. The molecule has 0 spiro atoms. The third kappa shape index (κ3) is 4.81. The van der Waals surface area contributed by atoms with Gasteiger partial charge >= 0.3 is 0 Å². The van der Waals surface area contributed by atoms with Gasteiger partial charge in [-0.15, -0.1) is 0 Å². The molecule has 0 aliphatic rings. The van der Waals surface area contributed by atoms with E-state index < -0.39 is 10.0 Å². The van der Waals surface area contributed by atoms with E-state index in [1.54, 1.807) is 48.5 Å². The minimum atomic E-state index is -3.79. The molecule has 5 heteroatoms. The van der Waals surface area contributed by atoms with Gasteiger partial charge in [0.25, 0.3) is 10.0 Å². The molecule has 0 fully saturated rings. The van der Waals surface area contributed by atoms with Gasteiger partial charge in [-0.05, 0) is 49.2 Å². The molecule has 0 unspecified atom stereocenters. The quantitative estimate of drug-likeness (QED) is 0.518. The predicted molar refractivity (Wildman–Crippen MR) is 118 cm³/mol. The molecule has 0 radical (unpaired) electrons. The van der Waals surface area contributed by atoms with Crippen molar-refractivity contribution in [1.82, 2.24) is 0 Å². The Bertz CT molecular complexity index is 1130. The molecule has 3 rings (SSSR count). The third-order valence-corrected chi connectivity index (χ3v) is 6.47. The number of carbonyl (C=O) groups is 1. The van der Waals surface area contributed by atoms with Gasteiger partial charge in [-0.2, -0.15) is 0 Å². The van der Waals surface area contributed by atoms with Crippen LogP contribution in [0, 0.1) is 13.8 Å². The molecule has 0 amide bonds. The second-order valence-corrected chi connectivity index (χ2v) is 8.68. The van der Waals surface area contributed by atoms with Gasteiger partial charge in [0.15, 0.2) is 0 Å². The standard InChI is InChI=1S/C24H23NO3S/c1-19-12-14-24(15-13-19)29(27,28)25(23-11-5-8-21(17-23)18-26)16-6-10-22-9-4-3-7-20(22)2/h3-15,17-18H,16H2,1-2H3/b10-6+. The van der Waals surface area contributed by atoms with Crippen LogP contribution in [-0.4, -0.2) is 21.2 Å². The van der Waals surface area contributed by atoms with E-state index in [0.29, 0.717) is 17.5 Å². The molecule has 0 N–H and O–H groups in total. The smallest absolute Gasteiger partial charge is 0.264 e. The van der Waals surface area contributed by atoms with E-state index in [9.17, 15) is 13.2 Å². The van der Waals surface area contributed by atoms with Crippen molar-refractivity contribution in [1.29, 1.82) is 0 Å². The highest BCUT2D eigenvalue weighted by Gasteiger charge is 2.24. The maximum absolute atomic E-state index is 13.4. The highest BCUT2D eigenvalue weighted by molar-refractivity contribution is 7.92. The molecule has 0 aromatic heterocycles. The highest BCUT2D eigenvalue weighted by atomic mass is 32.2. The molecule has 0 saturated carbocycles. The Morgan fingerprint density at radius 3 is 2.31 bits per heavy atom. The number of aryl methyl sites for hydroxylation is 2. The number of benzene rings is 3. The Kier molecular flexibility index (Phi) is 6.29. The van der Waals surface area contributed by atoms with Crippen molar-refractivity contribution in [2.24, 2.45) is 0 Å². The summed E-state index contributed by atoms with van der Waals surface area (Å²) in [5.41, 5.74) is 4.00. The molecule has 3 aromatic rings. The van der Waals surface area contributed by atoms with Gasteiger partial charge < -0.3 is 0 Å². The van der Waals surface area contributed by atoms with Gasteiger partial charge in [0, 0.05) is 5.56 Å². The fraction of sp³-hybridized carbons (Fsp3) is 0.125. The van der Waals surface area contributed by atoms with E-state index in [1.807, 2.05) is 50.3 Å². The lowest BCUT2D eigenvalue weighted by molar-refractivity contribution is 0.112. The minimum absolute atomic E-state index is 0.146. The SMILES string of the molecule is Cc1ccc(S(=O)(=O)N(C/C=C/c2ccccc2C)c2cccc(C=O)c2)cc1. The second kappa shape index (κ2) is 8.88. The van der Waals surface area contributed by atoms with Crippen molar-refractivity contribution in [3.05, 3.63) is 101 Å². The first-order valence-corrected chi connectivity index (χ1v) is 10.7. The van der Waals surface area contributed by atoms with Gasteiger partial charge in [0.1, 0.15) is 6.29 Å². The van der Waals surface area contributed by atoms with Crippen LogP contribution in [0.15, 0.2) is 83.8 Å². The van der Waals surface area contributed by atoms with Crippen molar-refractivity contribution < 1.29 is 13.2 Å². The van der Waals surface area contributed by atoms with E-state index >= 15 is 0 Å². The number of sulfonamides is 1. The Labute approximate surface area is 172 Å². The summed E-state index contributed by atoms with van der Waals surface area (Å²) in [6.07, 6.45) is 4.45. The Morgan fingerprint density at radius 2 is 1.62 bits per heavy atom. The maximum atomic E-state index is 13.4. The topological polar surface area (TPSA) is 54.5 Å². The summed E-state index contributed by atoms with van der Waals surface area (Å²) in [7, 11) is -3.79. The van der Waals surface area contributed by atoms with Crippen LogP contribution in [0.25, 0.3) is 6.08 Å². The van der Waals surface area contributed by atoms with E-state index in [4.69, 9.17) is 0 Å². The van der Waals surface area contributed by atoms with E-state index in [1.165, 1.54) is 4.31 Å². The highest BCUT2D eigenvalue weighted by Crippen LogP contribution is 2.25.